The van der Waals surface area contributed by atoms with Crippen LogP contribution in [0.4, 0.5) is 10.5 Å². The van der Waals surface area contributed by atoms with Gasteiger partial charge in [-0.2, -0.15) is 0 Å². The van der Waals surface area contributed by atoms with Crippen LogP contribution in [0.5, 0.6) is 0 Å². The van der Waals surface area contributed by atoms with E-state index in [0.29, 0.717) is 5.11 Å². The Morgan fingerprint density at radius 1 is 1.22 bits per heavy atom. The van der Waals surface area contributed by atoms with Gasteiger partial charge < -0.3 is 10.2 Å². The van der Waals surface area contributed by atoms with Crippen molar-refractivity contribution in [3.05, 3.63) is 30.3 Å². The lowest BCUT2D eigenvalue weighted by molar-refractivity contribution is 0.198. The zero-order valence-corrected chi connectivity index (χ0v) is 10.6. The van der Waals surface area contributed by atoms with Gasteiger partial charge in [0.2, 0.25) is 0 Å². The zero-order valence-electron chi connectivity index (χ0n) is 9.75. The zero-order chi connectivity index (χ0) is 12.7. The van der Waals surface area contributed by atoms with E-state index in [1.54, 1.807) is 16.8 Å². The number of benzene rings is 1. The first-order chi connectivity index (χ1) is 8.68. The number of likely N-dealkylation sites (N-methyl/N-ethyl adjacent to an activating group) is 1. The van der Waals surface area contributed by atoms with E-state index >= 15 is 0 Å². The molecule has 1 aromatic carbocycles. The van der Waals surface area contributed by atoms with E-state index in [9.17, 15) is 4.79 Å². The third-order valence-electron chi connectivity index (χ3n) is 3.15. The van der Waals surface area contributed by atoms with Crippen molar-refractivity contribution in [3.63, 3.8) is 0 Å². The molecule has 1 aromatic rings. The molecular weight excluding hydrogens is 250 g/mol. The van der Waals surface area contributed by atoms with Crippen LogP contribution >= 0.6 is 12.2 Å². The van der Waals surface area contributed by atoms with Crippen molar-refractivity contribution in [1.82, 2.24) is 21.1 Å². The van der Waals surface area contributed by atoms with Gasteiger partial charge in [-0.15, -0.1) is 0 Å². The summed E-state index contributed by atoms with van der Waals surface area (Å²) >= 11 is 5.07. The third-order valence-corrected chi connectivity index (χ3v) is 3.37. The molecule has 2 saturated heterocycles. The Hall–Kier alpha value is -1.86. The van der Waals surface area contributed by atoms with Crippen molar-refractivity contribution in [2.24, 2.45) is 0 Å². The van der Waals surface area contributed by atoms with E-state index < -0.39 is 0 Å². The molecule has 7 heteroatoms. The van der Waals surface area contributed by atoms with Crippen LogP contribution < -0.4 is 21.1 Å². The smallest absolute Gasteiger partial charge is 0.327 e. The molecule has 2 unspecified atom stereocenters. The highest BCUT2D eigenvalue weighted by atomic mass is 32.1. The molecule has 0 radical (unpaired) electrons. The number of anilines is 1. The Bertz CT molecular complexity index is 493. The number of urea groups is 1. The first kappa shape index (κ1) is 11.2. The van der Waals surface area contributed by atoms with Gasteiger partial charge in [-0.05, 0) is 24.4 Å². The van der Waals surface area contributed by atoms with E-state index in [4.69, 9.17) is 12.2 Å². The fourth-order valence-corrected chi connectivity index (χ4v) is 2.43. The lowest BCUT2D eigenvalue weighted by atomic mass is 10.2. The Morgan fingerprint density at radius 2 is 1.94 bits per heavy atom. The van der Waals surface area contributed by atoms with Crippen LogP contribution in [-0.2, 0) is 0 Å². The lowest BCUT2D eigenvalue weighted by Crippen LogP contribution is -2.68. The van der Waals surface area contributed by atoms with Crippen molar-refractivity contribution in [2.75, 3.05) is 11.9 Å². The standard InChI is InChI=1S/C11H13N5OS/c1-15-9-8(12-10(18)14-13-9)16(11(15)17)7-5-3-2-4-6-7/h2-6,8-9,13H,1H3,(H2,12,14,18). The average Bonchev–Trinajstić information content (AvgIpc) is 2.63. The SMILES string of the molecule is CN1C(=O)N(c2ccccc2)C2NC(=S)NNC21. The van der Waals surface area contributed by atoms with Gasteiger partial charge in [0.15, 0.2) is 5.11 Å². The summed E-state index contributed by atoms with van der Waals surface area (Å²) in [5, 5.41) is 3.60. The minimum Gasteiger partial charge on any atom is -0.338 e. The summed E-state index contributed by atoms with van der Waals surface area (Å²) < 4.78 is 0. The third kappa shape index (κ3) is 1.59. The summed E-state index contributed by atoms with van der Waals surface area (Å²) in [7, 11) is 1.76. The van der Waals surface area contributed by atoms with Crippen molar-refractivity contribution in [2.45, 2.75) is 12.3 Å². The Labute approximate surface area is 110 Å². The van der Waals surface area contributed by atoms with E-state index in [1.807, 2.05) is 30.3 Å². The summed E-state index contributed by atoms with van der Waals surface area (Å²) in [6.45, 7) is 0. The minimum atomic E-state index is -0.210. The van der Waals surface area contributed by atoms with Crippen molar-refractivity contribution >= 4 is 29.0 Å². The van der Waals surface area contributed by atoms with Crippen LogP contribution in [-0.4, -0.2) is 35.4 Å². The number of nitrogens with zero attached hydrogens (tertiary/aromatic N) is 2. The Morgan fingerprint density at radius 3 is 2.67 bits per heavy atom. The molecule has 2 atom stereocenters. The molecule has 0 spiro atoms. The fourth-order valence-electron chi connectivity index (χ4n) is 2.25. The van der Waals surface area contributed by atoms with Gasteiger partial charge >= 0.3 is 6.03 Å². The normalized spacial score (nSPS) is 26.7. The van der Waals surface area contributed by atoms with Crippen LogP contribution in [0.25, 0.3) is 0 Å². The highest BCUT2D eigenvalue weighted by Crippen LogP contribution is 2.26. The summed E-state index contributed by atoms with van der Waals surface area (Å²) in [6.07, 6.45) is -0.372. The molecule has 0 bridgehead atoms. The van der Waals surface area contributed by atoms with Gasteiger partial charge in [0.1, 0.15) is 12.3 Å². The van der Waals surface area contributed by atoms with Crippen LogP contribution in [0.2, 0.25) is 0 Å². The molecule has 2 amide bonds. The number of para-hydroxylation sites is 1. The second-order valence-electron chi connectivity index (χ2n) is 4.23. The highest BCUT2D eigenvalue weighted by molar-refractivity contribution is 7.80. The van der Waals surface area contributed by atoms with Crippen LogP contribution in [0.1, 0.15) is 0 Å². The summed E-state index contributed by atoms with van der Waals surface area (Å²) in [4.78, 5) is 15.6. The second-order valence-corrected chi connectivity index (χ2v) is 4.64. The van der Waals surface area contributed by atoms with E-state index in [-0.39, 0.29) is 18.4 Å². The van der Waals surface area contributed by atoms with E-state index in [1.165, 1.54) is 0 Å². The molecule has 0 saturated carbocycles. The lowest BCUT2D eigenvalue weighted by Gasteiger charge is -2.34. The van der Waals surface area contributed by atoms with Gasteiger partial charge in [-0.1, -0.05) is 18.2 Å². The highest BCUT2D eigenvalue weighted by Gasteiger charge is 2.46. The van der Waals surface area contributed by atoms with Crippen LogP contribution in [0, 0.1) is 0 Å². The van der Waals surface area contributed by atoms with Gasteiger partial charge in [0.25, 0.3) is 0 Å². The largest absolute Gasteiger partial charge is 0.338 e. The number of hydrogen-bond donors (Lipinski definition) is 3. The molecule has 18 heavy (non-hydrogen) atoms. The van der Waals surface area contributed by atoms with Crippen LogP contribution in [0.15, 0.2) is 30.3 Å². The molecule has 0 aliphatic carbocycles. The molecule has 3 rings (SSSR count). The molecule has 2 fully saturated rings. The second kappa shape index (κ2) is 4.11. The van der Waals surface area contributed by atoms with Crippen molar-refractivity contribution in [1.29, 1.82) is 0 Å². The minimum absolute atomic E-state index is 0.0669. The first-order valence-electron chi connectivity index (χ1n) is 5.61. The van der Waals surface area contributed by atoms with E-state index in [2.05, 4.69) is 16.2 Å². The summed E-state index contributed by atoms with van der Waals surface area (Å²) in [5.41, 5.74) is 6.69. The Balaban J connectivity index is 1.98. The molecule has 2 heterocycles. The predicted octanol–water partition coefficient (Wildman–Crippen LogP) is 0.193. The number of thiocarbonyl (C=S) groups is 1. The molecule has 6 nitrogen and oxygen atoms in total. The average molecular weight is 263 g/mol. The van der Waals surface area contributed by atoms with Gasteiger partial charge in [-0.25, -0.2) is 10.2 Å². The molecule has 0 aromatic heterocycles. The van der Waals surface area contributed by atoms with Crippen molar-refractivity contribution < 1.29 is 4.79 Å². The number of nitrogens with one attached hydrogen (secondary N) is 3. The predicted molar refractivity (Wildman–Crippen MR) is 71.7 cm³/mol. The molecule has 2 aliphatic heterocycles. The molecule has 3 N–H and O–H groups in total. The Kier molecular flexibility index (Phi) is 2.57. The number of hydrazine groups is 1. The number of amides is 2. The first-order valence-corrected chi connectivity index (χ1v) is 6.02. The van der Waals surface area contributed by atoms with Gasteiger partial charge in [-0.3, -0.25) is 10.3 Å². The quantitative estimate of drug-likeness (QED) is 0.632. The maximum atomic E-state index is 12.3. The summed E-state index contributed by atoms with van der Waals surface area (Å²) in [6, 6.07) is 9.47. The molecular formula is C11H13N5OS. The van der Waals surface area contributed by atoms with Gasteiger partial charge in [0.05, 0.1) is 0 Å². The maximum absolute atomic E-state index is 12.3. The number of carbonyl (C=O) groups is 1. The van der Waals surface area contributed by atoms with Gasteiger partial charge in [0, 0.05) is 12.7 Å². The number of rotatable bonds is 1. The number of carbonyl (C=O) groups excluding carboxylic acids is 1. The van der Waals surface area contributed by atoms with E-state index in [0.717, 1.165) is 5.69 Å². The van der Waals surface area contributed by atoms with Crippen molar-refractivity contribution in [3.8, 4) is 0 Å². The number of fused-ring (bicyclic) bond motifs is 1. The summed E-state index contributed by atoms with van der Waals surface area (Å²) in [5.74, 6) is 0. The van der Waals surface area contributed by atoms with Crippen LogP contribution in [0.3, 0.4) is 0 Å². The maximum Gasteiger partial charge on any atom is 0.327 e. The molecule has 2 aliphatic rings. The molecule has 94 valence electrons. The monoisotopic (exact) mass is 263 g/mol. The number of hydrogen-bond acceptors (Lipinski definition) is 3. The topological polar surface area (TPSA) is 59.6 Å². The fraction of sp³-hybridized carbons (Fsp3) is 0.273.